The number of ether oxygens (including phenoxy) is 2. The summed E-state index contributed by atoms with van der Waals surface area (Å²) in [6.07, 6.45) is 0. The molecule has 1 unspecified atom stereocenters. The van der Waals surface area contributed by atoms with Crippen LogP contribution < -0.4 is 15.6 Å². The Hall–Kier alpha value is -3.40. The number of H-pyrrole nitrogens is 1. The Balaban J connectivity index is 1.91. The summed E-state index contributed by atoms with van der Waals surface area (Å²) < 4.78 is 9.90. The molecular formula is C22H24N4O5S. The smallest absolute Gasteiger partial charge is 0.338 e. The van der Waals surface area contributed by atoms with Gasteiger partial charge in [-0.15, -0.1) is 0 Å². The predicted molar refractivity (Wildman–Crippen MR) is 122 cm³/mol. The average molecular weight is 457 g/mol. The van der Waals surface area contributed by atoms with Crippen LogP contribution in [0.5, 0.6) is 5.75 Å². The van der Waals surface area contributed by atoms with Gasteiger partial charge in [-0.05, 0) is 43.2 Å². The van der Waals surface area contributed by atoms with Gasteiger partial charge in [0.25, 0.3) is 5.56 Å². The molecule has 3 rings (SSSR count). The monoisotopic (exact) mass is 456 g/mol. The molecule has 1 aromatic carbocycles. The second-order valence-electron chi connectivity index (χ2n) is 7.37. The Morgan fingerprint density at radius 1 is 1.12 bits per heavy atom. The minimum Gasteiger partial charge on any atom is -0.497 e. The Kier molecular flexibility index (Phi) is 7.14. The van der Waals surface area contributed by atoms with Crippen LogP contribution in [0.1, 0.15) is 29.9 Å². The van der Waals surface area contributed by atoms with E-state index in [0.717, 1.165) is 11.8 Å². The van der Waals surface area contributed by atoms with Crippen molar-refractivity contribution in [3.63, 3.8) is 0 Å². The molecular weight excluding hydrogens is 432 g/mol. The summed E-state index contributed by atoms with van der Waals surface area (Å²) in [6, 6.07) is 8.48. The van der Waals surface area contributed by atoms with Crippen molar-refractivity contribution >= 4 is 40.4 Å². The highest BCUT2D eigenvalue weighted by Crippen LogP contribution is 2.28. The van der Waals surface area contributed by atoms with Crippen LogP contribution in [0.4, 0.5) is 5.69 Å². The molecule has 3 aromatic rings. The van der Waals surface area contributed by atoms with Crippen molar-refractivity contribution in [1.82, 2.24) is 15.0 Å². The zero-order valence-electron chi connectivity index (χ0n) is 18.4. The number of esters is 1. The van der Waals surface area contributed by atoms with Gasteiger partial charge in [-0.25, -0.2) is 14.8 Å². The first-order chi connectivity index (χ1) is 15.2. The number of hydrogen-bond donors (Lipinski definition) is 2. The minimum absolute atomic E-state index is 0.0515. The number of carbonyl (C=O) groups excluding carboxylic acids is 2. The summed E-state index contributed by atoms with van der Waals surface area (Å²) >= 11 is 1.13. The summed E-state index contributed by atoms with van der Waals surface area (Å²) in [5.41, 5.74) is 0.836. The number of aromatic amines is 1. The first-order valence-corrected chi connectivity index (χ1v) is 10.7. The first-order valence-electron chi connectivity index (χ1n) is 9.85. The summed E-state index contributed by atoms with van der Waals surface area (Å²) in [5.74, 6) is -0.252. The zero-order chi connectivity index (χ0) is 23.4. The van der Waals surface area contributed by atoms with E-state index in [1.807, 2.05) is 13.8 Å². The lowest BCUT2D eigenvalue weighted by Crippen LogP contribution is -2.30. The highest BCUT2D eigenvalue weighted by Gasteiger charge is 2.26. The van der Waals surface area contributed by atoms with Crippen molar-refractivity contribution in [3.8, 4) is 5.75 Å². The predicted octanol–water partition coefficient (Wildman–Crippen LogP) is 3.18. The molecule has 0 saturated heterocycles. The summed E-state index contributed by atoms with van der Waals surface area (Å²) in [6.45, 7) is 5.51. The van der Waals surface area contributed by atoms with E-state index in [1.165, 1.54) is 13.2 Å². The number of fused-ring (bicyclic) bond motifs is 1. The van der Waals surface area contributed by atoms with Crippen molar-refractivity contribution in [2.75, 3.05) is 19.5 Å². The molecule has 2 N–H and O–H groups in total. The third kappa shape index (κ3) is 5.08. The van der Waals surface area contributed by atoms with Gasteiger partial charge in [-0.1, -0.05) is 25.6 Å². The molecule has 0 spiro atoms. The number of amides is 1. The zero-order valence-corrected chi connectivity index (χ0v) is 19.2. The number of aromatic nitrogens is 3. The van der Waals surface area contributed by atoms with Gasteiger partial charge >= 0.3 is 5.97 Å². The Bertz CT molecular complexity index is 1210. The van der Waals surface area contributed by atoms with Gasteiger partial charge in [0.15, 0.2) is 10.8 Å². The van der Waals surface area contributed by atoms with Crippen LogP contribution in [0.3, 0.4) is 0 Å². The van der Waals surface area contributed by atoms with Crippen LogP contribution in [0.25, 0.3) is 11.0 Å². The quantitative estimate of drug-likeness (QED) is 0.316. The molecule has 168 valence electrons. The van der Waals surface area contributed by atoms with Gasteiger partial charge in [0.05, 0.1) is 30.4 Å². The van der Waals surface area contributed by atoms with Crippen molar-refractivity contribution in [3.05, 3.63) is 51.9 Å². The van der Waals surface area contributed by atoms with Gasteiger partial charge in [0, 0.05) is 11.4 Å². The normalized spacial score (nSPS) is 11.9. The molecule has 0 aliphatic rings. The van der Waals surface area contributed by atoms with E-state index in [-0.39, 0.29) is 33.6 Å². The number of pyridine rings is 1. The van der Waals surface area contributed by atoms with Crippen molar-refractivity contribution < 1.29 is 19.1 Å². The van der Waals surface area contributed by atoms with Crippen LogP contribution in [0.2, 0.25) is 0 Å². The number of carbonyl (C=O) groups is 2. The maximum atomic E-state index is 12.9. The van der Waals surface area contributed by atoms with E-state index in [4.69, 9.17) is 9.47 Å². The number of aryl methyl sites for hydroxylation is 1. The second kappa shape index (κ2) is 9.82. The summed E-state index contributed by atoms with van der Waals surface area (Å²) in [4.78, 5) is 49.1. The number of methoxy groups -OCH3 is 2. The van der Waals surface area contributed by atoms with Gasteiger partial charge in [-0.3, -0.25) is 9.59 Å². The summed E-state index contributed by atoms with van der Waals surface area (Å²) in [7, 11) is 2.81. The lowest BCUT2D eigenvalue weighted by Gasteiger charge is -2.19. The fourth-order valence-electron chi connectivity index (χ4n) is 3.07. The van der Waals surface area contributed by atoms with E-state index in [2.05, 4.69) is 20.3 Å². The number of benzene rings is 1. The molecule has 9 nitrogen and oxygen atoms in total. The van der Waals surface area contributed by atoms with Crippen LogP contribution in [-0.2, 0) is 9.53 Å². The number of thioether (sulfide) groups is 1. The highest BCUT2D eigenvalue weighted by atomic mass is 32.2. The lowest BCUT2D eigenvalue weighted by molar-refractivity contribution is -0.116. The molecule has 1 amide bonds. The molecule has 10 heteroatoms. The number of hydrogen-bond acceptors (Lipinski definition) is 8. The summed E-state index contributed by atoms with van der Waals surface area (Å²) in [5, 5.41) is 2.62. The van der Waals surface area contributed by atoms with Crippen LogP contribution in [0, 0.1) is 12.8 Å². The fourth-order valence-corrected chi connectivity index (χ4v) is 4.04. The van der Waals surface area contributed by atoms with Crippen molar-refractivity contribution in [2.45, 2.75) is 31.2 Å². The number of rotatable bonds is 7. The third-order valence-corrected chi connectivity index (χ3v) is 6.08. The first kappa shape index (κ1) is 23.3. The topological polar surface area (TPSA) is 123 Å². The Morgan fingerprint density at radius 2 is 1.81 bits per heavy atom. The van der Waals surface area contributed by atoms with E-state index >= 15 is 0 Å². The largest absolute Gasteiger partial charge is 0.497 e. The number of nitrogens with zero attached hydrogens (tertiary/aromatic N) is 2. The molecule has 2 aromatic heterocycles. The van der Waals surface area contributed by atoms with Crippen LogP contribution >= 0.6 is 11.8 Å². The van der Waals surface area contributed by atoms with Crippen LogP contribution in [0.15, 0.2) is 40.3 Å². The van der Waals surface area contributed by atoms with E-state index < -0.39 is 16.8 Å². The minimum atomic E-state index is -0.646. The van der Waals surface area contributed by atoms with Crippen LogP contribution in [-0.4, -0.2) is 46.3 Å². The maximum absolute atomic E-state index is 12.9. The molecule has 1 atom stereocenters. The fraction of sp³-hybridized carbons (Fsp3) is 0.318. The molecule has 0 aliphatic heterocycles. The SMILES string of the molecule is COC(=O)c1cc(C)nc2nc(SC(C(=O)Nc3ccc(OC)cc3)C(C)C)[nH]c(=O)c12. The average Bonchev–Trinajstić information content (AvgIpc) is 2.76. The molecule has 0 radical (unpaired) electrons. The molecule has 32 heavy (non-hydrogen) atoms. The maximum Gasteiger partial charge on any atom is 0.338 e. The van der Waals surface area contributed by atoms with E-state index in [1.54, 1.807) is 38.3 Å². The van der Waals surface area contributed by atoms with Gasteiger partial charge in [-0.2, -0.15) is 0 Å². The molecule has 0 saturated carbocycles. The standard InChI is InChI=1S/C22H24N4O5S/c1-11(2)17(20(28)24-13-6-8-14(30-4)9-7-13)32-22-25-18-16(19(27)26-22)15(21(29)31-5)10-12(3)23-18/h6-11,17H,1-5H3,(H,24,28)(H,23,25,26,27). The second-order valence-corrected chi connectivity index (χ2v) is 8.50. The van der Waals surface area contributed by atoms with Gasteiger partial charge < -0.3 is 19.8 Å². The Morgan fingerprint density at radius 3 is 2.41 bits per heavy atom. The number of nitrogens with one attached hydrogen (secondary N) is 2. The lowest BCUT2D eigenvalue weighted by atomic mass is 10.1. The van der Waals surface area contributed by atoms with Gasteiger partial charge in [0.1, 0.15) is 5.75 Å². The van der Waals surface area contributed by atoms with E-state index in [9.17, 15) is 14.4 Å². The number of anilines is 1. The highest BCUT2D eigenvalue weighted by molar-refractivity contribution is 8.00. The molecule has 0 fully saturated rings. The molecule has 2 heterocycles. The Labute approximate surface area is 188 Å². The van der Waals surface area contributed by atoms with Crippen molar-refractivity contribution in [2.24, 2.45) is 5.92 Å². The van der Waals surface area contributed by atoms with E-state index in [0.29, 0.717) is 17.1 Å². The molecule has 0 aliphatic carbocycles. The third-order valence-electron chi connectivity index (χ3n) is 4.65. The van der Waals surface area contributed by atoms with Gasteiger partial charge in [0.2, 0.25) is 5.91 Å². The van der Waals surface area contributed by atoms with Crippen molar-refractivity contribution in [1.29, 1.82) is 0 Å². The molecule has 0 bridgehead atoms.